The van der Waals surface area contributed by atoms with Crippen molar-refractivity contribution in [3.05, 3.63) is 64.4 Å². The van der Waals surface area contributed by atoms with E-state index in [1.807, 2.05) is 30.3 Å². The Morgan fingerprint density at radius 1 is 1.15 bits per heavy atom. The van der Waals surface area contributed by atoms with Gasteiger partial charge in [-0.1, -0.05) is 36.4 Å². The number of anilines is 1. The fourth-order valence-corrected chi connectivity index (χ4v) is 1.80. The van der Waals surface area contributed by atoms with Crippen LogP contribution in [0.4, 0.5) is 10.1 Å². The van der Waals surface area contributed by atoms with Crippen LogP contribution in [0.15, 0.2) is 53.0 Å². The number of nitrogen functional groups attached to an aromatic ring is 1. The minimum absolute atomic E-state index is 0.171. The topological polar surface area (TPSA) is 63.3 Å². The van der Waals surface area contributed by atoms with Crippen molar-refractivity contribution in [2.24, 2.45) is 0 Å². The van der Waals surface area contributed by atoms with Gasteiger partial charge in [-0.15, -0.1) is 0 Å². The Balaban J connectivity index is 0.000000204. The number of nitrogens with two attached hydrogens (primary N) is 1. The second kappa shape index (κ2) is 8.32. The van der Waals surface area contributed by atoms with Gasteiger partial charge < -0.3 is 10.8 Å². The molecule has 2 aromatic carbocycles. The summed E-state index contributed by atoms with van der Waals surface area (Å²) in [6, 6.07) is 14.4. The second-order valence-corrected chi connectivity index (χ2v) is 4.88. The van der Waals surface area contributed by atoms with Gasteiger partial charge in [-0.2, -0.15) is 0 Å². The third kappa shape index (κ3) is 5.84. The van der Waals surface area contributed by atoms with Gasteiger partial charge >= 0.3 is 5.97 Å². The van der Waals surface area contributed by atoms with E-state index in [1.54, 1.807) is 12.1 Å². The molecule has 0 heterocycles. The molecular formula is C15H15BrFNO2. The molecule has 0 fully saturated rings. The molecule has 2 rings (SSSR count). The molecule has 5 heteroatoms. The predicted octanol–water partition coefficient (Wildman–Crippen LogP) is 3.87. The van der Waals surface area contributed by atoms with Gasteiger partial charge in [0, 0.05) is 6.42 Å². The lowest BCUT2D eigenvalue weighted by molar-refractivity contribution is -0.136. The number of carbonyl (C=O) groups is 1. The van der Waals surface area contributed by atoms with Crippen molar-refractivity contribution in [3.8, 4) is 0 Å². The summed E-state index contributed by atoms with van der Waals surface area (Å²) < 4.78 is 13.0. The molecule has 0 aliphatic heterocycles. The molecule has 0 amide bonds. The third-order valence-corrected chi connectivity index (χ3v) is 3.06. The molecule has 3 N–H and O–H groups in total. The van der Waals surface area contributed by atoms with Crippen LogP contribution < -0.4 is 5.73 Å². The first-order valence-electron chi connectivity index (χ1n) is 5.96. The second-order valence-electron chi connectivity index (χ2n) is 4.02. The number of hydrogen-bond acceptors (Lipinski definition) is 2. The van der Waals surface area contributed by atoms with Crippen LogP contribution >= 0.6 is 15.9 Å². The van der Waals surface area contributed by atoms with E-state index in [9.17, 15) is 9.18 Å². The van der Waals surface area contributed by atoms with Crippen molar-refractivity contribution in [1.82, 2.24) is 0 Å². The minimum atomic E-state index is -0.742. The number of halogens is 2. The van der Waals surface area contributed by atoms with E-state index in [1.165, 1.54) is 6.07 Å². The van der Waals surface area contributed by atoms with E-state index < -0.39 is 11.8 Å². The number of aliphatic carboxylic acids is 1. The van der Waals surface area contributed by atoms with E-state index >= 15 is 0 Å². The van der Waals surface area contributed by atoms with Gasteiger partial charge in [0.1, 0.15) is 0 Å². The molecule has 3 nitrogen and oxygen atoms in total. The van der Waals surface area contributed by atoms with Crippen LogP contribution in [0.25, 0.3) is 0 Å². The van der Waals surface area contributed by atoms with E-state index in [2.05, 4.69) is 15.9 Å². The molecule has 2 aromatic rings. The van der Waals surface area contributed by atoms with Crippen molar-refractivity contribution in [1.29, 1.82) is 0 Å². The van der Waals surface area contributed by atoms with E-state index in [-0.39, 0.29) is 12.1 Å². The summed E-state index contributed by atoms with van der Waals surface area (Å²) in [5, 5.41) is 8.37. The molecule has 0 spiro atoms. The Kier molecular flexibility index (Phi) is 6.73. The lowest BCUT2D eigenvalue weighted by atomic mass is 10.1. The van der Waals surface area contributed by atoms with Crippen molar-refractivity contribution in [2.75, 3.05) is 5.73 Å². The highest BCUT2D eigenvalue weighted by Crippen LogP contribution is 2.19. The number of benzene rings is 2. The van der Waals surface area contributed by atoms with Crippen LogP contribution in [0.2, 0.25) is 0 Å². The van der Waals surface area contributed by atoms with E-state index in [0.29, 0.717) is 10.9 Å². The lowest BCUT2D eigenvalue weighted by Crippen LogP contribution is -1.96. The summed E-state index contributed by atoms with van der Waals surface area (Å²) in [7, 11) is 0. The number of carboxylic acid groups (broad SMARTS) is 1. The van der Waals surface area contributed by atoms with E-state index in [4.69, 9.17) is 10.8 Å². The molecule has 0 aliphatic carbocycles. The van der Waals surface area contributed by atoms with Crippen LogP contribution in [-0.4, -0.2) is 11.1 Å². The maximum absolute atomic E-state index is 12.6. The van der Waals surface area contributed by atoms with Crippen molar-refractivity contribution in [3.63, 3.8) is 0 Å². The first-order valence-corrected chi connectivity index (χ1v) is 6.75. The van der Waals surface area contributed by atoms with Gasteiger partial charge in [-0.05, 0) is 40.0 Å². The van der Waals surface area contributed by atoms with Crippen molar-refractivity contribution in [2.45, 2.75) is 12.8 Å². The summed E-state index contributed by atoms with van der Waals surface area (Å²) in [5.41, 5.74) is 6.46. The van der Waals surface area contributed by atoms with Gasteiger partial charge in [0.25, 0.3) is 0 Å². The molecular weight excluding hydrogens is 325 g/mol. The average Bonchev–Trinajstić information content (AvgIpc) is 2.44. The average molecular weight is 340 g/mol. The number of aryl methyl sites for hydroxylation is 1. The number of carboxylic acids is 1. The molecule has 0 atom stereocenters. The van der Waals surface area contributed by atoms with Crippen LogP contribution in [0.1, 0.15) is 12.0 Å². The predicted molar refractivity (Wildman–Crippen MR) is 80.9 cm³/mol. The van der Waals surface area contributed by atoms with Gasteiger partial charge in [-0.25, -0.2) is 4.39 Å². The summed E-state index contributed by atoms with van der Waals surface area (Å²) in [4.78, 5) is 10.2. The van der Waals surface area contributed by atoms with Gasteiger partial charge in [0.2, 0.25) is 0 Å². The molecule has 0 bridgehead atoms. The van der Waals surface area contributed by atoms with Crippen LogP contribution in [0.3, 0.4) is 0 Å². The van der Waals surface area contributed by atoms with Crippen molar-refractivity contribution < 1.29 is 14.3 Å². The minimum Gasteiger partial charge on any atom is -0.481 e. The fraction of sp³-hybridized carbons (Fsp3) is 0.133. The molecule has 106 valence electrons. The largest absolute Gasteiger partial charge is 0.481 e. The SMILES string of the molecule is Nc1cccc(Br)c1F.O=C(O)CCc1ccccc1. The summed E-state index contributed by atoms with van der Waals surface area (Å²) in [6.07, 6.45) is 0.834. The highest BCUT2D eigenvalue weighted by atomic mass is 79.9. The first-order chi connectivity index (χ1) is 9.50. The zero-order chi connectivity index (χ0) is 15.0. The molecule has 0 radical (unpaired) electrons. The van der Waals surface area contributed by atoms with Gasteiger partial charge in [-0.3, -0.25) is 4.79 Å². The normalized spacial score (nSPS) is 9.50. The molecule has 0 unspecified atom stereocenters. The van der Waals surface area contributed by atoms with Crippen molar-refractivity contribution >= 4 is 27.6 Å². The highest BCUT2D eigenvalue weighted by molar-refractivity contribution is 9.10. The molecule has 0 aliphatic rings. The fourth-order valence-electron chi connectivity index (χ4n) is 1.42. The molecule has 0 aromatic heterocycles. The number of rotatable bonds is 3. The first kappa shape index (κ1) is 16.2. The Morgan fingerprint density at radius 3 is 2.30 bits per heavy atom. The molecule has 0 saturated carbocycles. The summed E-state index contributed by atoms with van der Waals surface area (Å²) >= 11 is 2.99. The molecule has 0 saturated heterocycles. The lowest BCUT2D eigenvalue weighted by Gasteiger charge is -1.95. The smallest absolute Gasteiger partial charge is 0.303 e. The third-order valence-electron chi connectivity index (χ3n) is 2.45. The summed E-state index contributed by atoms with van der Waals surface area (Å²) in [5.74, 6) is -1.13. The Labute approximate surface area is 125 Å². The zero-order valence-electron chi connectivity index (χ0n) is 10.7. The number of hydrogen-bond donors (Lipinski definition) is 2. The highest BCUT2D eigenvalue weighted by Gasteiger charge is 1.99. The Hall–Kier alpha value is -1.88. The van der Waals surface area contributed by atoms with Gasteiger partial charge in [0.15, 0.2) is 5.82 Å². The van der Waals surface area contributed by atoms with Crippen LogP contribution in [0, 0.1) is 5.82 Å². The standard InChI is InChI=1S/C9H10O2.C6H5BrFN/c10-9(11)7-6-8-4-2-1-3-5-8;7-4-2-1-3-5(9)6(4)8/h1-5H,6-7H2,(H,10,11);1-3H,9H2. The van der Waals surface area contributed by atoms with Gasteiger partial charge in [0.05, 0.1) is 10.2 Å². The monoisotopic (exact) mass is 339 g/mol. The zero-order valence-corrected chi connectivity index (χ0v) is 12.3. The summed E-state index contributed by atoms with van der Waals surface area (Å²) in [6.45, 7) is 0. The Morgan fingerprint density at radius 2 is 1.80 bits per heavy atom. The van der Waals surface area contributed by atoms with Crippen LogP contribution in [-0.2, 0) is 11.2 Å². The Bertz CT molecular complexity index is 541. The maximum atomic E-state index is 12.6. The molecule has 20 heavy (non-hydrogen) atoms. The quantitative estimate of drug-likeness (QED) is 0.834. The van der Waals surface area contributed by atoms with Crippen LogP contribution in [0.5, 0.6) is 0 Å². The van der Waals surface area contributed by atoms with E-state index in [0.717, 1.165) is 5.56 Å². The maximum Gasteiger partial charge on any atom is 0.303 e.